The summed E-state index contributed by atoms with van der Waals surface area (Å²) in [6.45, 7) is 4.93. The molecule has 0 fully saturated rings. The van der Waals surface area contributed by atoms with Crippen molar-refractivity contribution in [3.8, 4) is 0 Å². The van der Waals surface area contributed by atoms with E-state index in [0.29, 0.717) is 25.9 Å². The fourth-order valence-corrected chi connectivity index (χ4v) is 8.75. The number of aliphatic hydroxyl groups excluding tert-OH is 2. The van der Waals surface area contributed by atoms with E-state index in [-0.39, 0.29) is 18.5 Å². The molecule has 0 aromatic rings. The zero-order valence-corrected chi connectivity index (χ0v) is 41.9. The molecule has 0 heterocycles. The van der Waals surface area contributed by atoms with Gasteiger partial charge in [-0.1, -0.05) is 257 Å². The average Bonchev–Trinajstić information content (AvgIpc) is 3.27. The third-order valence-electron chi connectivity index (χ3n) is 13.1. The van der Waals surface area contributed by atoms with Crippen LogP contribution in [0.15, 0.2) is 12.2 Å². The van der Waals surface area contributed by atoms with Gasteiger partial charge in [0.1, 0.15) is 0 Å². The summed E-state index contributed by atoms with van der Waals surface area (Å²) >= 11 is 0. The van der Waals surface area contributed by atoms with Gasteiger partial charge in [0.2, 0.25) is 5.91 Å². The summed E-state index contributed by atoms with van der Waals surface area (Å²) in [5.41, 5.74) is 0. The van der Waals surface area contributed by atoms with E-state index in [1.165, 1.54) is 225 Å². The summed E-state index contributed by atoms with van der Waals surface area (Å²) in [6, 6.07) is -0.551. The van der Waals surface area contributed by atoms with E-state index in [9.17, 15) is 19.8 Å². The van der Waals surface area contributed by atoms with Crippen LogP contribution in [0.5, 0.6) is 0 Å². The zero-order valence-electron chi connectivity index (χ0n) is 41.9. The van der Waals surface area contributed by atoms with Crippen LogP contribution in [0.4, 0.5) is 0 Å². The Bertz CT molecular complexity index is 924. The first-order valence-electron chi connectivity index (χ1n) is 27.9. The monoisotopic (exact) mass is 876 g/mol. The van der Waals surface area contributed by atoms with Gasteiger partial charge in [0.05, 0.1) is 25.4 Å². The van der Waals surface area contributed by atoms with Crippen LogP contribution in [0.25, 0.3) is 0 Å². The third-order valence-corrected chi connectivity index (χ3v) is 13.1. The second kappa shape index (κ2) is 52.2. The molecule has 2 unspecified atom stereocenters. The number of aliphatic hydroxyl groups is 2. The highest BCUT2D eigenvalue weighted by Crippen LogP contribution is 2.17. The molecule has 0 aliphatic heterocycles. The van der Waals surface area contributed by atoms with Crippen LogP contribution in [0, 0.1) is 0 Å². The molecular formula is C56H109NO5. The second-order valence-electron chi connectivity index (χ2n) is 19.3. The smallest absolute Gasteiger partial charge is 0.305 e. The molecule has 0 radical (unpaired) electrons. The minimum atomic E-state index is -0.673. The highest BCUT2D eigenvalue weighted by molar-refractivity contribution is 5.76. The molecule has 0 rings (SSSR count). The number of nitrogens with one attached hydrogen (secondary N) is 1. The van der Waals surface area contributed by atoms with Crippen LogP contribution in [-0.4, -0.2) is 47.4 Å². The van der Waals surface area contributed by atoms with Crippen molar-refractivity contribution in [2.45, 2.75) is 321 Å². The van der Waals surface area contributed by atoms with E-state index in [0.717, 1.165) is 51.4 Å². The maximum atomic E-state index is 12.5. The summed E-state index contributed by atoms with van der Waals surface area (Å²) in [5.74, 6) is -0.0588. The Labute approximate surface area is 387 Å². The van der Waals surface area contributed by atoms with Gasteiger partial charge in [-0.3, -0.25) is 9.59 Å². The summed E-state index contributed by atoms with van der Waals surface area (Å²) in [4.78, 5) is 24.5. The molecule has 2 atom stereocenters. The Kier molecular flexibility index (Phi) is 51.0. The van der Waals surface area contributed by atoms with Gasteiger partial charge in [-0.05, 0) is 51.4 Å². The maximum Gasteiger partial charge on any atom is 0.305 e. The van der Waals surface area contributed by atoms with Gasteiger partial charge in [-0.25, -0.2) is 0 Å². The average molecular weight is 876 g/mol. The molecule has 3 N–H and O–H groups in total. The Morgan fingerprint density at radius 1 is 0.435 bits per heavy atom. The maximum absolute atomic E-state index is 12.5. The largest absolute Gasteiger partial charge is 0.466 e. The Hall–Kier alpha value is -1.40. The van der Waals surface area contributed by atoms with Crippen molar-refractivity contribution < 1.29 is 24.5 Å². The molecule has 0 aromatic heterocycles. The molecule has 0 saturated heterocycles. The van der Waals surface area contributed by atoms with Crippen molar-refractivity contribution in [1.82, 2.24) is 5.32 Å². The van der Waals surface area contributed by atoms with Crippen LogP contribution in [0.2, 0.25) is 0 Å². The summed E-state index contributed by atoms with van der Waals surface area (Å²) < 4.78 is 5.46. The second-order valence-corrected chi connectivity index (χ2v) is 19.3. The van der Waals surface area contributed by atoms with Crippen LogP contribution < -0.4 is 5.32 Å². The lowest BCUT2D eigenvalue weighted by Crippen LogP contribution is -2.45. The molecule has 368 valence electrons. The van der Waals surface area contributed by atoms with Crippen molar-refractivity contribution in [2.75, 3.05) is 13.2 Å². The van der Waals surface area contributed by atoms with Crippen molar-refractivity contribution in [2.24, 2.45) is 0 Å². The van der Waals surface area contributed by atoms with Crippen LogP contribution in [-0.2, 0) is 14.3 Å². The van der Waals surface area contributed by atoms with E-state index < -0.39 is 12.1 Å². The van der Waals surface area contributed by atoms with Crippen molar-refractivity contribution in [3.63, 3.8) is 0 Å². The number of amides is 1. The van der Waals surface area contributed by atoms with Gasteiger partial charge in [0.25, 0.3) is 0 Å². The van der Waals surface area contributed by atoms with Gasteiger partial charge in [-0.2, -0.15) is 0 Å². The summed E-state index contributed by atoms with van der Waals surface area (Å²) in [6.07, 6.45) is 60.4. The highest BCUT2D eigenvalue weighted by Gasteiger charge is 2.20. The van der Waals surface area contributed by atoms with Gasteiger partial charge in [-0.15, -0.1) is 0 Å². The quantitative estimate of drug-likeness (QED) is 0.0321. The summed E-state index contributed by atoms with van der Waals surface area (Å²) in [5, 5.41) is 23.3. The van der Waals surface area contributed by atoms with Crippen LogP contribution in [0.3, 0.4) is 0 Å². The number of ether oxygens (including phenoxy) is 1. The van der Waals surface area contributed by atoms with E-state index in [1.54, 1.807) is 0 Å². The van der Waals surface area contributed by atoms with E-state index in [4.69, 9.17) is 4.74 Å². The number of hydrogen-bond acceptors (Lipinski definition) is 5. The van der Waals surface area contributed by atoms with E-state index in [1.807, 2.05) is 0 Å². The first kappa shape index (κ1) is 60.6. The molecule has 0 spiro atoms. The lowest BCUT2D eigenvalue weighted by molar-refractivity contribution is -0.143. The molecule has 62 heavy (non-hydrogen) atoms. The molecule has 0 aliphatic rings. The van der Waals surface area contributed by atoms with Gasteiger partial charge < -0.3 is 20.3 Å². The zero-order chi connectivity index (χ0) is 45.1. The number of unbranched alkanes of at least 4 members (excludes halogenated alkanes) is 39. The molecular weight excluding hydrogens is 767 g/mol. The molecule has 6 nitrogen and oxygen atoms in total. The SMILES string of the molecule is CCCCCCC/C=C\CCCCCCCC(=O)OCCCCCCCCCCCCCCCC(=O)NC(CO)C(O)CCCCCCCCCCCCCCCCCCCC. The lowest BCUT2D eigenvalue weighted by atomic mass is 10.0. The van der Waals surface area contributed by atoms with E-state index >= 15 is 0 Å². The number of esters is 1. The fourth-order valence-electron chi connectivity index (χ4n) is 8.75. The number of carbonyl (C=O) groups excluding carboxylic acids is 2. The standard InChI is InChI=1S/C56H109NO5/c1-3-5-7-9-11-13-15-17-19-20-21-22-24-28-32-36-40-44-48-54(59)53(52-58)57-55(60)49-45-41-37-33-29-25-23-27-31-35-39-43-47-51-62-56(61)50-46-42-38-34-30-26-18-16-14-12-10-8-6-4-2/h16,18,53-54,58-59H,3-15,17,19-52H2,1-2H3,(H,57,60)/b18-16-. The Balaban J connectivity index is 3.45. The molecule has 1 amide bonds. The van der Waals surface area contributed by atoms with Crippen LogP contribution in [0.1, 0.15) is 309 Å². The minimum absolute atomic E-state index is 0.0132. The summed E-state index contributed by atoms with van der Waals surface area (Å²) in [7, 11) is 0. The van der Waals surface area contributed by atoms with Crippen molar-refractivity contribution in [3.05, 3.63) is 12.2 Å². The highest BCUT2D eigenvalue weighted by atomic mass is 16.5. The predicted octanol–water partition coefficient (Wildman–Crippen LogP) is 16.9. The number of rotatable bonds is 52. The van der Waals surface area contributed by atoms with Crippen molar-refractivity contribution >= 4 is 11.9 Å². The topological polar surface area (TPSA) is 95.9 Å². The minimum Gasteiger partial charge on any atom is -0.466 e. The van der Waals surface area contributed by atoms with Crippen LogP contribution >= 0.6 is 0 Å². The van der Waals surface area contributed by atoms with Crippen molar-refractivity contribution in [1.29, 1.82) is 0 Å². The molecule has 0 saturated carbocycles. The Morgan fingerprint density at radius 2 is 0.758 bits per heavy atom. The first-order valence-corrected chi connectivity index (χ1v) is 27.9. The first-order chi connectivity index (χ1) is 30.5. The fraction of sp³-hybridized carbons (Fsp3) is 0.929. The normalized spacial score (nSPS) is 12.6. The number of carbonyl (C=O) groups is 2. The molecule has 0 bridgehead atoms. The molecule has 0 aliphatic carbocycles. The molecule has 6 heteroatoms. The predicted molar refractivity (Wildman–Crippen MR) is 269 cm³/mol. The lowest BCUT2D eigenvalue weighted by Gasteiger charge is -2.22. The Morgan fingerprint density at radius 3 is 1.15 bits per heavy atom. The van der Waals surface area contributed by atoms with E-state index in [2.05, 4.69) is 31.3 Å². The van der Waals surface area contributed by atoms with Gasteiger partial charge in [0.15, 0.2) is 0 Å². The number of allylic oxidation sites excluding steroid dienone is 2. The number of hydrogen-bond donors (Lipinski definition) is 3. The molecule has 0 aromatic carbocycles. The third kappa shape index (κ3) is 48.1. The van der Waals surface area contributed by atoms with Gasteiger partial charge in [0, 0.05) is 12.8 Å². The van der Waals surface area contributed by atoms with Gasteiger partial charge >= 0.3 is 5.97 Å².